The van der Waals surface area contributed by atoms with Crippen LogP contribution in [0.2, 0.25) is 0 Å². The third-order valence-corrected chi connectivity index (χ3v) is 5.19. The van der Waals surface area contributed by atoms with E-state index in [1.807, 2.05) is 0 Å². The van der Waals surface area contributed by atoms with Gasteiger partial charge in [0.15, 0.2) is 0 Å². The van der Waals surface area contributed by atoms with Crippen molar-refractivity contribution in [2.24, 2.45) is 0 Å². The van der Waals surface area contributed by atoms with Crippen LogP contribution in [0, 0.1) is 0 Å². The van der Waals surface area contributed by atoms with E-state index in [0.29, 0.717) is 37.5 Å². The largest absolute Gasteiger partial charge is 0.496 e. The maximum atomic E-state index is 12.5. The summed E-state index contributed by atoms with van der Waals surface area (Å²) >= 11 is 3.33. The van der Waals surface area contributed by atoms with Gasteiger partial charge in [0.25, 0.3) is 5.91 Å². The molecule has 0 radical (unpaired) electrons. The molecule has 1 fully saturated rings. The first-order chi connectivity index (χ1) is 9.82. The van der Waals surface area contributed by atoms with Crippen molar-refractivity contribution in [1.29, 1.82) is 0 Å². The number of carbonyl (C=O) groups is 1. The fourth-order valence-corrected chi connectivity index (χ4v) is 3.40. The highest BCUT2D eigenvalue weighted by atomic mass is 79.9. The molecule has 1 heterocycles. The normalized spacial score (nSPS) is 16.8. The predicted octanol–water partition coefficient (Wildman–Crippen LogP) is 1.18. The van der Waals surface area contributed by atoms with Crippen molar-refractivity contribution in [3.05, 3.63) is 28.2 Å². The number of hydrogen-bond donors (Lipinski definition) is 0. The average molecular weight is 377 g/mol. The SMILES string of the molecule is COc1cc(Br)ccc1C(=O)N1CCN(S(C)(=O)=O)CC1. The number of methoxy groups -OCH3 is 1. The average Bonchev–Trinajstić information content (AvgIpc) is 2.45. The number of halogens is 1. The Hall–Kier alpha value is -1.12. The first-order valence-corrected chi connectivity index (χ1v) is 9.05. The molecule has 0 bridgehead atoms. The van der Waals surface area contributed by atoms with Gasteiger partial charge in [0, 0.05) is 30.7 Å². The minimum atomic E-state index is -3.19. The van der Waals surface area contributed by atoms with E-state index in [4.69, 9.17) is 4.74 Å². The zero-order chi connectivity index (χ0) is 15.6. The van der Waals surface area contributed by atoms with Crippen LogP contribution in [0.15, 0.2) is 22.7 Å². The van der Waals surface area contributed by atoms with Gasteiger partial charge in [-0.05, 0) is 18.2 Å². The molecule has 0 spiro atoms. The number of carbonyl (C=O) groups excluding carboxylic acids is 1. The third-order valence-electron chi connectivity index (χ3n) is 3.39. The number of nitrogens with zero attached hydrogens (tertiary/aromatic N) is 2. The number of sulfonamides is 1. The highest BCUT2D eigenvalue weighted by Gasteiger charge is 2.27. The first-order valence-electron chi connectivity index (χ1n) is 6.41. The Balaban J connectivity index is 2.12. The molecule has 1 aliphatic heterocycles. The van der Waals surface area contributed by atoms with Crippen LogP contribution >= 0.6 is 15.9 Å². The van der Waals surface area contributed by atoms with E-state index in [1.165, 1.54) is 17.7 Å². The molecule has 8 heteroatoms. The fraction of sp³-hybridized carbons (Fsp3) is 0.462. The molecule has 21 heavy (non-hydrogen) atoms. The molecular formula is C13H17BrN2O4S. The van der Waals surface area contributed by atoms with Gasteiger partial charge in [-0.2, -0.15) is 4.31 Å². The van der Waals surface area contributed by atoms with E-state index in [-0.39, 0.29) is 5.91 Å². The molecular weight excluding hydrogens is 360 g/mol. The van der Waals surface area contributed by atoms with Crippen molar-refractivity contribution >= 4 is 31.9 Å². The summed E-state index contributed by atoms with van der Waals surface area (Å²) in [5, 5.41) is 0. The zero-order valence-electron chi connectivity index (χ0n) is 11.9. The minimum absolute atomic E-state index is 0.146. The van der Waals surface area contributed by atoms with Crippen LogP contribution in [-0.2, 0) is 10.0 Å². The van der Waals surface area contributed by atoms with E-state index in [0.717, 1.165) is 4.47 Å². The molecule has 1 amide bonds. The summed E-state index contributed by atoms with van der Waals surface area (Å²) in [7, 11) is -1.68. The van der Waals surface area contributed by atoms with Crippen molar-refractivity contribution in [1.82, 2.24) is 9.21 Å². The second-order valence-corrected chi connectivity index (χ2v) is 7.70. The molecule has 2 rings (SSSR count). The second-order valence-electron chi connectivity index (χ2n) is 4.80. The lowest BCUT2D eigenvalue weighted by Gasteiger charge is -2.33. The molecule has 1 aromatic carbocycles. The molecule has 6 nitrogen and oxygen atoms in total. The number of benzene rings is 1. The van der Waals surface area contributed by atoms with Crippen molar-refractivity contribution in [3.63, 3.8) is 0 Å². The quantitative estimate of drug-likeness (QED) is 0.794. The van der Waals surface area contributed by atoms with Crippen molar-refractivity contribution < 1.29 is 17.9 Å². The number of amides is 1. The Morgan fingerprint density at radius 1 is 1.24 bits per heavy atom. The molecule has 0 atom stereocenters. The van der Waals surface area contributed by atoms with E-state index in [9.17, 15) is 13.2 Å². The molecule has 1 aliphatic rings. The molecule has 0 unspecified atom stereocenters. The zero-order valence-corrected chi connectivity index (χ0v) is 14.3. The Kier molecular flexibility index (Phi) is 4.90. The van der Waals surface area contributed by atoms with E-state index in [2.05, 4.69) is 15.9 Å². The lowest BCUT2D eigenvalue weighted by molar-refractivity contribution is 0.0695. The monoisotopic (exact) mass is 376 g/mol. The van der Waals surface area contributed by atoms with Gasteiger partial charge in [-0.1, -0.05) is 15.9 Å². The van der Waals surface area contributed by atoms with Gasteiger partial charge in [0.1, 0.15) is 5.75 Å². The summed E-state index contributed by atoms with van der Waals surface area (Å²) < 4.78 is 30.4. The third kappa shape index (κ3) is 3.75. The number of piperazine rings is 1. The standard InChI is InChI=1S/C13H17BrN2O4S/c1-20-12-9-10(14)3-4-11(12)13(17)15-5-7-16(8-6-15)21(2,18)19/h3-4,9H,5-8H2,1-2H3. The summed E-state index contributed by atoms with van der Waals surface area (Å²) in [6.07, 6.45) is 1.18. The smallest absolute Gasteiger partial charge is 0.257 e. The van der Waals surface area contributed by atoms with Crippen molar-refractivity contribution in [2.45, 2.75) is 0 Å². The fourth-order valence-electron chi connectivity index (χ4n) is 2.23. The number of rotatable bonds is 3. The van der Waals surface area contributed by atoms with Crippen molar-refractivity contribution in [3.8, 4) is 5.75 Å². The Bertz CT molecular complexity index is 640. The van der Waals surface area contributed by atoms with E-state index < -0.39 is 10.0 Å². The molecule has 1 aromatic rings. The molecule has 0 saturated carbocycles. The second kappa shape index (κ2) is 6.33. The van der Waals surface area contributed by atoms with Gasteiger partial charge < -0.3 is 9.64 Å². The minimum Gasteiger partial charge on any atom is -0.496 e. The van der Waals surface area contributed by atoms with Crippen LogP contribution in [0.4, 0.5) is 0 Å². The van der Waals surface area contributed by atoms with Gasteiger partial charge in [-0.25, -0.2) is 8.42 Å². The maximum absolute atomic E-state index is 12.5. The molecule has 116 valence electrons. The summed E-state index contributed by atoms with van der Waals surface area (Å²) in [5.74, 6) is 0.354. The topological polar surface area (TPSA) is 66.9 Å². The first kappa shape index (κ1) is 16.3. The van der Waals surface area contributed by atoms with Gasteiger partial charge in [-0.15, -0.1) is 0 Å². The van der Waals surface area contributed by atoms with Gasteiger partial charge >= 0.3 is 0 Å². The Labute approximate surface area is 132 Å². The summed E-state index contributed by atoms with van der Waals surface area (Å²) in [6.45, 7) is 1.41. The van der Waals surface area contributed by atoms with Crippen LogP contribution in [-0.4, -0.2) is 63.1 Å². The summed E-state index contributed by atoms with van der Waals surface area (Å²) in [4.78, 5) is 14.2. The van der Waals surface area contributed by atoms with Crippen LogP contribution in [0.3, 0.4) is 0 Å². The maximum Gasteiger partial charge on any atom is 0.257 e. The van der Waals surface area contributed by atoms with Crippen molar-refractivity contribution in [2.75, 3.05) is 39.5 Å². The Morgan fingerprint density at radius 3 is 2.38 bits per heavy atom. The highest BCUT2D eigenvalue weighted by Crippen LogP contribution is 2.25. The van der Waals surface area contributed by atoms with E-state index in [1.54, 1.807) is 23.1 Å². The number of hydrogen-bond acceptors (Lipinski definition) is 4. The lowest BCUT2D eigenvalue weighted by atomic mass is 10.1. The Morgan fingerprint density at radius 2 is 1.86 bits per heavy atom. The van der Waals surface area contributed by atoms with Crippen LogP contribution in [0.5, 0.6) is 5.75 Å². The molecule has 0 aromatic heterocycles. The van der Waals surface area contributed by atoms with E-state index >= 15 is 0 Å². The summed E-state index contributed by atoms with van der Waals surface area (Å²) in [6, 6.07) is 5.22. The molecule has 1 saturated heterocycles. The van der Waals surface area contributed by atoms with Gasteiger partial charge in [-0.3, -0.25) is 4.79 Å². The molecule has 0 N–H and O–H groups in total. The number of ether oxygens (including phenoxy) is 1. The molecule has 0 aliphatic carbocycles. The summed E-state index contributed by atoms with van der Waals surface area (Å²) in [5.41, 5.74) is 0.480. The predicted molar refractivity (Wildman–Crippen MR) is 83.0 cm³/mol. The van der Waals surface area contributed by atoms with Gasteiger partial charge in [0.2, 0.25) is 10.0 Å². The van der Waals surface area contributed by atoms with Crippen LogP contribution < -0.4 is 4.74 Å². The van der Waals surface area contributed by atoms with Crippen LogP contribution in [0.1, 0.15) is 10.4 Å². The highest BCUT2D eigenvalue weighted by molar-refractivity contribution is 9.10. The van der Waals surface area contributed by atoms with Crippen LogP contribution in [0.25, 0.3) is 0 Å². The van der Waals surface area contributed by atoms with Gasteiger partial charge in [0.05, 0.1) is 18.9 Å². The lowest BCUT2D eigenvalue weighted by Crippen LogP contribution is -2.50.